The van der Waals surface area contributed by atoms with Gasteiger partial charge in [-0.15, -0.1) is 0 Å². The lowest BCUT2D eigenvalue weighted by atomic mass is 10.1. The number of nitrogens with zero attached hydrogens (tertiary/aromatic N) is 8. The van der Waals surface area contributed by atoms with Crippen LogP contribution in [0.25, 0.3) is 27.1 Å². The van der Waals surface area contributed by atoms with Crippen LogP contribution in [-0.4, -0.2) is 53.4 Å². The van der Waals surface area contributed by atoms with Gasteiger partial charge in [0.2, 0.25) is 11.6 Å². The Labute approximate surface area is 229 Å². The molecule has 1 aromatic carbocycles. The summed E-state index contributed by atoms with van der Waals surface area (Å²) in [7, 11) is 0. The number of amides is 1. The Hall–Kier alpha value is -5.63. The van der Waals surface area contributed by atoms with Gasteiger partial charge in [-0.3, -0.25) is 9.78 Å². The van der Waals surface area contributed by atoms with Crippen molar-refractivity contribution in [2.75, 3.05) is 18.4 Å². The van der Waals surface area contributed by atoms with Gasteiger partial charge in [-0.1, -0.05) is 12.7 Å². The van der Waals surface area contributed by atoms with Crippen LogP contribution in [0, 0.1) is 13.5 Å². The van der Waals surface area contributed by atoms with Gasteiger partial charge in [-0.25, -0.2) is 24.3 Å². The van der Waals surface area contributed by atoms with E-state index in [0.717, 1.165) is 16.8 Å². The molecule has 0 spiro atoms. The third-order valence-corrected chi connectivity index (χ3v) is 6.62. The number of aromatic nitrogens is 6. The Balaban J connectivity index is 1.29. The number of nitrogens with one attached hydrogen (secondary N) is 1. The number of pyridine rings is 2. The highest BCUT2D eigenvalue weighted by molar-refractivity contribution is 5.97. The number of carbonyl (C=O) groups is 1. The highest BCUT2D eigenvalue weighted by Crippen LogP contribution is 2.36. The number of aryl methyl sites for hydroxylation is 1. The minimum atomic E-state index is -0.102. The molecule has 40 heavy (non-hydrogen) atoms. The Bertz CT molecular complexity index is 1870. The van der Waals surface area contributed by atoms with Gasteiger partial charge in [-0.05, 0) is 54.8 Å². The number of hydrogen-bond acceptors (Lipinski definition) is 8. The number of benzene rings is 1. The maximum atomic E-state index is 11.9. The van der Waals surface area contributed by atoms with E-state index in [2.05, 4.69) is 36.8 Å². The zero-order chi connectivity index (χ0) is 27.6. The van der Waals surface area contributed by atoms with E-state index in [-0.39, 0.29) is 5.91 Å². The fraction of sp³-hybridized carbons (Fsp3) is 0.138. The van der Waals surface area contributed by atoms with Crippen LogP contribution >= 0.6 is 0 Å². The second-order valence-corrected chi connectivity index (χ2v) is 9.16. The topological polar surface area (TPSA) is 115 Å². The molecule has 0 aliphatic carbocycles. The van der Waals surface area contributed by atoms with Crippen molar-refractivity contribution in [3.63, 3.8) is 0 Å². The molecule has 4 aromatic heterocycles. The van der Waals surface area contributed by atoms with Crippen LogP contribution in [0.15, 0.2) is 74.0 Å². The molecule has 0 unspecified atom stereocenters. The normalized spacial score (nSPS) is 13.1. The van der Waals surface area contributed by atoms with Gasteiger partial charge in [0.05, 0.1) is 18.5 Å². The van der Waals surface area contributed by atoms with Gasteiger partial charge in [0.1, 0.15) is 28.9 Å². The second-order valence-electron chi connectivity index (χ2n) is 9.16. The molecule has 11 heteroatoms. The number of fused-ring (bicyclic) bond motifs is 2. The van der Waals surface area contributed by atoms with Crippen molar-refractivity contribution in [3.8, 4) is 11.5 Å². The Kier molecular flexibility index (Phi) is 6.34. The molecule has 6 rings (SSSR count). The molecule has 1 aliphatic heterocycles. The monoisotopic (exact) mass is 529 g/mol. The quantitative estimate of drug-likeness (QED) is 0.234. The third-order valence-electron chi connectivity index (χ3n) is 6.62. The number of hydrogen-bond donors (Lipinski definition) is 1. The minimum Gasteiger partial charge on any atom is -0.457 e. The summed E-state index contributed by atoms with van der Waals surface area (Å²) in [6, 6.07) is 9.34. The van der Waals surface area contributed by atoms with Crippen LogP contribution in [0.2, 0.25) is 0 Å². The van der Waals surface area contributed by atoms with Gasteiger partial charge in [-0.2, -0.15) is 5.10 Å². The highest BCUT2D eigenvalue weighted by atomic mass is 16.5. The summed E-state index contributed by atoms with van der Waals surface area (Å²) >= 11 is 0. The first-order chi connectivity index (χ1) is 19.5. The van der Waals surface area contributed by atoms with Crippen LogP contribution in [0.1, 0.15) is 17.8 Å². The van der Waals surface area contributed by atoms with Crippen molar-refractivity contribution in [1.29, 1.82) is 0 Å². The summed E-state index contributed by atoms with van der Waals surface area (Å²) in [4.78, 5) is 35.2. The Morgan fingerprint density at radius 1 is 1.20 bits per heavy atom. The first-order valence-electron chi connectivity index (χ1n) is 12.5. The second kappa shape index (κ2) is 10.3. The van der Waals surface area contributed by atoms with Gasteiger partial charge in [0, 0.05) is 37.2 Å². The van der Waals surface area contributed by atoms with Crippen LogP contribution < -0.4 is 10.1 Å². The molecule has 1 aliphatic rings. The average Bonchev–Trinajstić information content (AvgIpc) is 3.46. The molecule has 0 saturated heterocycles. The molecule has 1 amide bonds. The minimum absolute atomic E-state index is 0.102. The average molecular weight is 530 g/mol. The van der Waals surface area contributed by atoms with E-state index < -0.39 is 0 Å². The van der Waals surface area contributed by atoms with Gasteiger partial charge >= 0.3 is 0 Å². The van der Waals surface area contributed by atoms with Crippen molar-refractivity contribution >= 4 is 45.2 Å². The highest BCUT2D eigenvalue weighted by Gasteiger charge is 2.19. The first kappa shape index (κ1) is 24.7. The third kappa shape index (κ3) is 4.69. The summed E-state index contributed by atoms with van der Waals surface area (Å²) in [5.41, 5.74) is 5.31. The van der Waals surface area contributed by atoms with E-state index in [1.165, 1.54) is 18.6 Å². The van der Waals surface area contributed by atoms with Crippen molar-refractivity contribution in [2.45, 2.75) is 13.3 Å². The lowest BCUT2D eigenvalue weighted by Gasteiger charge is -2.25. The molecule has 0 saturated carbocycles. The van der Waals surface area contributed by atoms with E-state index in [1.807, 2.05) is 43.3 Å². The summed E-state index contributed by atoms with van der Waals surface area (Å²) in [5, 5.41) is 7.48. The summed E-state index contributed by atoms with van der Waals surface area (Å²) in [5.74, 6) is 1.79. The molecule has 0 radical (unpaired) electrons. The van der Waals surface area contributed by atoms with Crippen molar-refractivity contribution in [1.82, 2.24) is 34.4 Å². The zero-order valence-electron chi connectivity index (χ0n) is 21.6. The predicted molar refractivity (Wildman–Crippen MR) is 150 cm³/mol. The molecule has 11 nitrogen and oxygen atoms in total. The standard InChI is InChI=1S/C29H23N9O2/c1-4-26(39)37-10-7-19(8-11-37)29-32-16-23-28(36-29)27(22(30-3)15-31-23)35-20-5-6-24(18(2)13-20)40-21-9-12-38-25(14-21)33-17-34-38/h4-7,9,12-17H,1,8,10-11H2,2H3,(H,31,35). The van der Waals surface area contributed by atoms with E-state index >= 15 is 0 Å². The Morgan fingerprint density at radius 3 is 2.88 bits per heavy atom. The maximum absolute atomic E-state index is 11.9. The van der Waals surface area contributed by atoms with Gasteiger partial charge in [0.15, 0.2) is 11.5 Å². The lowest BCUT2D eigenvalue weighted by Crippen LogP contribution is -2.33. The number of rotatable bonds is 6. The van der Waals surface area contributed by atoms with E-state index in [0.29, 0.717) is 64.9 Å². The van der Waals surface area contributed by atoms with E-state index in [9.17, 15) is 4.79 Å². The van der Waals surface area contributed by atoms with Crippen LogP contribution in [0.4, 0.5) is 17.1 Å². The van der Waals surface area contributed by atoms with Gasteiger partial charge in [0.25, 0.3) is 0 Å². The molecular formula is C29H23N9O2. The van der Waals surface area contributed by atoms with Gasteiger partial charge < -0.3 is 15.0 Å². The molecule has 5 aromatic rings. The van der Waals surface area contributed by atoms with Crippen LogP contribution in [0.5, 0.6) is 11.5 Å². The number of carbonyl (C=O) groups excluding carboxylic acids is 1. The smallest absolute Gasteiger partial charge is 0.246 e. The molecule has 0 bridgehead atoms. The van der Waals surface area contributed by atoms with Crippen molar-refractivity contribution in [2.24, 2.45) is 0 Å². The van der Waals surface area contributed by atoms with Crippen LogP contribution in [0.3, 0.4) is 0 Å². The number of ether oxygens (including phenoxy) is 1. The van der Waals surface area contributed by atoms with Crippen molar-refractivity contribution in [3.05, 3.63) is 96.8 Å². The predicted octanol–water partition coefficient (Wildman–Crippen LogP) is 5.26. The molecule has 0 atom stereocenters. The summed E-state index contributed by atoms with van der Waals surface area (Å²) in [6.07, 6.45) is 10.4. The fourth-order valence-electron chi connectivity index (χ4n) is 4.51. The lowest BCUT2D eigenvalue weighted by molar-refractivity contribution is -0.125. The Morgan fingerprint density at radius 2 is 2.10 bits per heavy atom. The largest absolute Gasteiger partial charge is 0.457 e. The zero-order valence-corrected chi connectivity index (χ0v) is 21.6. The summed E-state index contributed by atoms with van der Waals surface area (Å²) < 4.78 is 7.76. The SMILES string of the molecule is [C-]#[N+]c1cnc2cnc(C3=CCN(C(=O)C=C)CC3)nc2c1Nc1ccc(Oc2ccn3ncnc3c2)c(C)c1. The fourth-order valence-corrected chi connectivity index (χ4v) is 4.51. The maximum Gasteiger partial charge on any atom is 0.246 e. The van der Waals surface area contributed by atoms with Crippen LogP contribution in [-0.2, 0) is 4.79 Å². The van der Waals surface area contributed by atoms with Crippen molar-refractivity contribution < 1.29 is 9.53 Å². The molecule has 5 heterocycles. The molecule has 1 N–H and O–H groups in total. The number of anilines is 2. The van der Waals surface area contributed by atoms with E-state index in [4.69, 9.17) is 16.3 Å². The van der Waals surface area contributed by atoms with E-state index in [1.54, 1.807) is 21.8 Å². The summed E-state index contributed by atoms with van der Waals surface area (Å²) in [6.45, 7) is 14.3. The molecule has 196 valence electrons. The molecule has 0 fully saturated rings. The first-order valence-corrected chi connectivity index (χ1v) is 12.5. The molecular weight excluding hydrogens is 506 g/mol.